The van der Waals surface area contributed by atoms with E-state index in [2.05, 4.69) is 5.32 Å². The largest absolute Gasteiger partial charge is 0.356 e. The zero-order valence-corrected chi connectivity index (χ0v) is 10.8. The lowest BCUT2D eigenvalue weighted by Gasteiger charge is -2.27. The van der Waals surface area contributed by atoms with E-state index in [1.807, 2.05) is 0 Å². The van der Waals surface area contributed by atoms with Crippen LogP contribution in [0.5, 0.6) is 0 Å². The molecule has 0 heterocycles. The summed E-state index contributed by atoms with van der Waals surface area (Å²) < 4.78 is 0. The van der Waals surface area contributed by atoms with E-state index in [4.69, 9.17) is 5.73 Å². The van der Waals surface area contributed by atoms with Crippen molar-refractivity contribution in [2.75, 3.05) is 13.1 Å². The van der Waals surface area contributed by atoms with Crippen LogP contribution in [0.3, 0.4) is 0 Å². The number of hydrogen-bond acceptors (Lipinski definition) is 2. The van der Waals surface area contributed by atoms with E-state index in [-0.39, 0.29) is 5.92 Å². The maximum atomic E-state index is 12.0. The van der Waals surface area contributed by atoms with Crippen LogP contribution in [0.4, 0.5) is 0 Å². The van der Waals surface area contributed by atoms with Gasteiger partial charge in [-0.15, -0.1) is 0 Å². The first kappa shape index (κ1) is 12.9. The van der Waals surface area contributed by atoms with Crippen molar-refractivity contribution in [1.82, 2.24) is 5.32 Å². The van der Waals surface area contributed by atoms with Gasteiger partial charge in [-0.05, 0) is 56.9 Å². The fraction of sp³-hybridized carbons (Fsp3) is 0.929. The Kier molecular flexibility index (Phi) is 4.84. The van der Waals surface area contributed by atoms with Crippen LogP contribution in [-0.2, 0) is 4.79 Å². The number of rotatable bonds is 4. The normalized spacial score (nSPS) is 30.4. The Hall–Kier alpha value is -0.570. The lowest BCUT2D eigenvalue weighted by atomic mass is 9.81. The Morgan fingerprint density at radius 2 is 1.65 bits per heavy atom. The highest BCUT2D eigenvalue weighted by molar-refractivity contribution is 5.78. The molecule has 1 amide bonds. The molecule has 0 aliphatic heterocycles. The van der Waals surface area contributed by atoms with Crippen LogP contribution in [0.2, 0.25) is 0 Å². The zero-order chi connectivity index (χ0) is 12.1. The van der Waals surface area contributed by atoms with Gasteiger partial charge in [0.25, 0.3) is 0 Å². The van der Waals surface area contributed by atoms with E-state index < -0.39 is 0 Å². The van der Waals surface area contributed by atoms with Crippen molar-refractivity contribution in [3.8, 4) is 0 Å². The summed E-state index contributed by atoms with van der Waals surface area (Å²) in [5, 5.41) is 3.16. The average molecular weight is 238 g/mol. The minimum atomic E-state index is 0.263. The third-order valence-electron chi connectivity index (χ3n) is 4.59. The number of nitrogens with two attached hydrogens (primary N) is 1. The van der Waals surface area contributed by atoms with Crippen LogP contribution in [-0.4, -0.2) is 19.0 Å². The molecule has 0 aromatic rings. The molecule has 0 aromatic heterocycles. The first-order chi connectivity index (χ1) is 8.29. The zero-order valence-electron chi connectivity index (χ0n) is 10.8. The standard InChI is InChI=1S/C14H26N2O/c15-9-11-5-7-13(8-6-11)14(17)16-10-12-3-1-2-4-12/h11-13H,1-10,15H2,(H,16,17). The molecule has 2 aliphatic rings. The number of hydrogen-bond donors (Lipinski definition) is 2. The maximum absolute atomic E-state index is 12.0. The SMILES string of the molecule is NCC1CCC(C(=O)NCC2CCCC2)CC1. The fourth-order valence-electron chi connectivity index (χ4n) is 3.26. The van der Waals surface area contributed by atoms with E-state index in [0.29, 0.717) is 11.8 Å². The smallest absolute Gasteiger partial charge is 0.223 e. The minimum Gasteiger partial charge on any atom is -0.356 e. The molecule has 0 radical (unpaired) electrons. The molecule has 3 heteroatoms. The monoisotopic (exact) mass is 238 g/mol. The van der Waals surface area contributed by atoms with Crippen molar-refractivity contribution in [2.45, 2.75) is 51.4 Å². The third-order valence-corrected chi connectivity index (χ3v) is 4.59. The number of carbonyl (C=O) groups is 1. The Bertz CT molecular complexity index is 241. The van der Waals surface area contributed by atoms with Crippen molar-refractivity contribution in [3.63, 3.8) is 0 Å². The summed E-state index contributed by atoms with van der Waals surface area (Å²) in [4.78, 5) is 12.0. The molecule has 0 aromatic carbocycles. The molecule has 0 atom stereocenters. The summed E-state index contributed by atoms with van der Waals surface area (Å²) >= 11 is 0. The van der Waals surface area contributed by atoms with Crippen LogP contribution < -0.4 is 11.1 Å². The van der Waals surface area contributed by atoms with Gasteiger partial charge >= 0.3 is 0 Å². The van der Waals surface area contributed by atoms with Gasteiger partial charge in [-0.25, -0.2) is 0 Å². The van der Waals surface area contributed by atoms with Crippen LogP contribution in [0.25, 0.3) is 0 Å². The van der Waals surface area contributed by atoms with Gasteiger partial charge in [-0.2, -0.15) is 0 Å². The fourth-order valence-corrected chi connectivity index (χ4v) is 3.26. The van der Waals surface area contributed by atoms with Gasteiger partial charge in [0.2, 0.25) is 5.91 Å². The van der Waals surface area contributed by atoms with Gasteiger partial charge < -0.3 is 11.1 Å². The third kappa shape index (κ3) is 3.70. The Labute approximate surface area is 105 Å². The molecule has 2 aliphatic carbocycles. The van der Waals surface area contributed by atoms with E-state index >= 15 is 0 Å². The maximum Gasteiger partial charge on any atom is 0.223 e. The highest BCUT2D eigenvalue weighted by Gasteiger charge is 2.26. The summed E-state index contributed by atoms with van der Waals surface area (Å²) in [6, 6.07) is 0. The second-order valence-corrected chi connectivity index (χ2v) is 5.85. The van der Waals surface area contributed by atoms with Gasteiger partial charge in [0.1, 0.15) is 0 Å². The van der Waals surface area contributed by atoms with E-state index in [9.17, 15) is 4.79 Å². The molecule has 3 nitrogen and oxygen atoms in total. The van der Waals surface area contributed by atoms with Crippen molar-refractivity contribution >= 4 is 5.91 Å². The molecule has 17 heavy (non-hydrogen) atoms. The molecule has 3 N–H and O–H groups in total. The molecule has 0 spiro atoms. The van der Waals surface area contributed by atoms with E-state index in [1.54, 1.807) is 0 Å². The topological polar surface area (TPSA) is 55.1 Å². The van der Waals surface area contributed by atoms with Gasteiger partial charge in [0, 0.05) is 12.5 Å². The summed E-state index contributed by atoms with van der Waals surface area (Å²) in [6.07, 6.45) is 9.66. The molecular formula is C14H26N2O. The first-order valence-electron chi connectivity index (χ1n) is 7.27. The van der Waals surface area contributed by atoms with E-state index in [1.165, 1.54) is 25.7 Å². The van der Waals surface area contributed by atoms with Gasteiger partial charge in [0.15, 0.2) is 0 Å². The predicted molar refractivity (Wildman–Crippen MR) is 69.5 cm³/mol. The van der Waals surface area contributed by atoms with Gasteiger partial charge in [-0.3, -0.25) is 4.79 Å². The van der Waals surface area contributed by atoms with Crippen molar-refractivity contribution in [3.05, 3.63) is 0 Å². The molecule has 2 fully saturated rings. The number of amides is 1. The quantitative estimate of drug-likeness (QED) is 0.787. The highest BCUT2D eigenvalue weighted by Crippen LogP contribution is 2.28. The van der Waals surface area contributed by atoms with Crippen molar-refractivity contribution in [2.24, 2.45) is 23.5 Å². The van der Waals surface area contributed by atoms with Gasteiger partial charge in [0.05, 0.1) is 0 Å². The molecule has 2 rings (SSSR count). The van der Waals surface area contributed by atoms with Gasteiger partial charge in [-0.1, -0.05) is 12.8 Å². The predicted octanol–water partition coefficient (Wildman–Crippen LogP) is 2.06. The lowest BCUT2D eigenvalue weighted by molar-refractivity contribution is -0.126. The van der Waals surface area contributed by atoms with E-state index in [0.717, 1.165) is 44.7 Å². The highest BCUT2D eigenvalue weighted by atomic mass is 16.1. The summed E-state index contributed by atoms with van der Waals surface area (Å²) in [7, 11) is 0. The summed E-state index contributed by atoms with van der Waals surface area (Å²) in [5.74, 6) is 1.97. The average Bonchev–Trinajstić information content (AvgIpc) is 2.89. The molecule has 98 valence electrons. The Balaban J connectivity index is 1.66. The first-order valence-corrected chi connectivity index (χ1v) is 7.27. The molecule has 0 saturated heterocycles. The van der Waals surface area contributed by atoms with Crippen LogP contribution >= 0.6 is 0 Å². The second kappa shape index (κ2) is 6.39. The van der Waals surface area contributed by atoms with Crippen LogP contribution in [0, 0.1) is 17.8 Å². The number of nitrogens with one attached hydrogen (secondary N) is 1. The molecule has 2 saturated carbocycles. The van der Waals surface area contributed by atoms with Crippen LogP contribution in [0.1, 0.15) is 51.4 Å². The number of carbonyl (C=O) groups excluding carboxylic acids is 1. The van der Waals surface area contributed by atoms with Crippen LogP contribution in [0.15, 0.2) is 0 Å². The van der Waals surface area contributed by atoms with Crippen molar-refractivity contribution in [1.29, 1.82) is 0 Å². The Morgan fingerprint density at radius 3 is 2.24 bits per heavy atom. The molecular weight excluding hydrogens is 212 g/mol. The summed E-state index contributed by atoms with van der Waals surface area (Å²) in [5.41, 5.74) is 5.67. The molecule has 0 bridgehead atoms. The second-order valence-electron chi connectivity index (χ2n) is 5.85. The van der Waals surface area contributed by atoms with Crippen molar-refractivity contribution < 1.29 is 4.79 Å². The lowest BCUT2D eigenvalue weighted by Crippen LogP contribution is -2.36. The minimum absolute atomic E-state index is 0.263. The summed E-state index contributed by atoms with van der Waals surface area (Å²) in [6.45, 7) is 1.70. The molecule has 0 unspecified atom stereocenters. The Morgan fingerprint density at radius 1 is 1.00 bits per heavy atom.